The molecule has 5 N–H and O–H groups in total. The van der Waals surface area contributed by atoms with Crippen molar-refractivity contribution in [3.63, 3.8) is 0 Å². The predicted octanol–water partition coefficient (Wildman–Crippen LogP) is 0.614. The summed E-state index contributed by atoms with van der Waals surface area (Å²) in [5.74, 6) is -0.0488. The molecule has 0 atom stereocenters. The second kappa shape index (κ2) is 6.98. The number of hydrogen-bond donors (Lipinski definition) is 3. The lowest BCUT2D eigenvalue weighted by molar-refractivity contribution is 0.0953. The molecule has 1 aromatic carbocycles. The molecule has 1 amide bonds. The van der Waals surface area contributed by atoms with E-state index in [1.165, 1.54) is 0 Å². The number of amides is 1. The van der Waals surface area contributed by atoms with Crippen LogP contribution in [0.25, 0.3) is 0 Å². The topological polar surface area (TPSA) is 81.1 Å². The van der Waals surface area contributed by atoms with Crippen LogP contribution in [0, 0.1) is 0 Å². The summed E-state index contributed by atoms with van der Waals surface area (Å²) in [7, 11) is 0. The zero-order chi connectivity index (χ0) is 11.8. The highest BCUT2D eigenvalue weighted by Gasteiger charge is 2.04. The Labute approximate surface area is 96.0 Å². The van der Waals surface area contributed by atoms with Crippen LogP contribution in [-0.2, 0) is 6.54 Å². The average molecular weight is 221 g/mol. The molecule has 88 valence electrons. The Morgan fingerprint density at radius 1 is 1.25 bits per heavy atom. The first-order chi connectivity index (χ1) is 7.77. The summed E-state index contributed by atoms with van der Waals surface area (Å²) >= 11 is 0. The summed E-state index contributed by atoms with van der Waals surface area (Å²) in [5, 5.41) is 2.85. The molecule has 1 aromatic rings. The van der Waals surface area contributed by atoms with Gasteiger partial charge in [-0.25, -0.2) is 0 Å². The summed E-state index contributed by atoms with van der Waals surface area (Å²) < 4.78 is 0. The van der Waals surface area contributed by atoms with Gasteiger partial charge in [-0.05, 0) is 37.1 Å². The van der Waals surface area contributed by atoms with Crippen LogP contribution in [0.4, 0.5) is 0 Å². The van der Waals surface area contributed by atoms with E-state index in [1.54, 1.807) is 6.07 Å². The molecule has 0 unspecified atom stereocenters. The van der Waals surface area contributed by atoms with Crippen molar-refractivity contribution in [3.8, 4) is 0 Å². The van der Waals surface area contributed by atoms with Gasteiger partial charge in [-0.15, -0.1) is 0 Å². The number of nitrogens with one attached hydrogen (secondary N) is 1. The van der Waals surface area contributed by atoms with E-state index in [2.05, 4.69) is 5.32 Å². The number of nitrogens with two attached hydrogens (primary N) is 2. The number of unbranched alkanes of at least 4 members (excludes halogenated alkanes) is 1. The van der Waals surface area contributed by atoms with Gasteiger partial charge in [-0.2, -0.15) is 0 Å². The van der Waals surface area contributed by atoms with E-state index in [0.29, 0.717) is 25.2 Å². The molecular weight excluding hydrogens is 202 g/mol. The molecule has 0 spiro atoms. The highest BCUT2D eigenvalue weighted by Crippen LogP contribution is 2.04. The molecule has 16 heavy (non-hydrogen) atoms. The summed E-state index contributed by atoms with van der Waals surface area (Å²) in [6.07, 6.45) is 1.85. The molecule has 4 nitrogen and oxygen atoms in total. The van der Waals surface area contributed by atoms with Gasteiger partial charge in [-0.3, -0.25) is 4.79 Å². The van der Waals surface area contributed by atoms with Gasteiger partial charge < -0.3 is 16.8 Å². The van der Waals surface area contributed by atoms with Gasteiger partial charge in [0, 0.05) is 18.7 Å². The van der Waals surface area contributed by atoms with Gasteiger partial charge in [0.2, 0.25) is 0 Å². The Morgan fingerprint density at radius 2 is 2.06 bits per heavy atom. The minimum absolute atomic E-state index is 0.0488. The van der Waals surface area contributed by atoms with Crippen LogP contribution >= 0.6 is 0 Å². The van der Waals surface area contributed by atoms with Crippen LogP contribution in [0.15, 0.2) is 24.3 Å². The van der Waals surface area contributed by atoms with Crippen molar-refractivity contribution >= 4 is 5.91 Å². The average Bonchev–Trinajstić information content (AvgIpc) is 2.34. The largest absolute Gasteiger partial charge is 0.352 e. The molecule has 0 heterocycles. The maximum absolute atomic E-state index is 11.7. The molecule has 4 heteroatoms. The summed E-state index contributed by atoms with van der Waals surface area (Å²) in [6.45, 7) is 1.79. The van der Waals surface area contributed by atoms with E-state index in [4.69, 9.17) is 11.5 Å². The third kappa shape index (κ3) is 4.00. The second-order valence-electron chi connectivity index (χ2n) is 3.66. The van der Waals surface area contributed by atoms with Crippen molar-refractivity contribution in [2.75, 3.05) is 13.1 Å². The Bertz CT molecular complexity index is 339. The Morgan fingerprint density at radius 3 is 2.75 bits per heavy atom. The summed E-state index contributed by atoms with van der Waals surface area (Å²) in [5.41, 5.74) is 12.5. The molecule has 0 aliphatic carbocycles. The predicted molar refractivity (Wildman–Crippen MR) is 65.0 cm³/mol. The zero-order valence-corrected chi connectivity index (χ0v) is 9.41. The van der Waals surface area contributed by atoms with Gasteiger partial charge in [0.15, 0.2) is 0 Å². The van der Waals surface area contributed by atoms with Crippen molar-refractivity contribution < 1.29 is 4.79 Å². The Balaban J connectivity index is 2.46. The molecule has 1 rings (SSSR count). The second-order valence-corrected chi connectivity index (χ2v) is 3.66. The first-order valence-electron chi connectivity index (χ1n) is 5.55. The Hall–Kier alpha value is -1.39. The maximum atomic E-state index is 11.7. The zero-order valence-electron chi connectivity index (χ0n) is 9.41. The van der Waals surface area contributed by atoms with Crippen LogP contribution in [0.3, 0.4) is 0 Å². The SMILES string of the molecule is NCCCCNC(=O)c1cccc(CN)c1. The van der Waals surface area contributed by atoms with Gasteiger partial charge in [0.25, 0.3) is 5.91 Å². The lowest BCUT2D eigenvalue weighted by atomic mass is 10.1. The molecule has 0 aliphatic heterocycles. The number of benzene rings is 1. The van der Waals surface area contributed by atoms with Gasteiger partial charge >= 0.3 is 0 Å². The number of carbonyl (C=O) groups excluding carboxylic acids is 1. The highest BCUT2D eigenvalue weighted by molar-refractivity contribution is 5.94. The molecular formula is C12H19N3O. The van der Waals surface area contributed by atoms with Crippen molar-refractivity contribution in [1.82, 2.24) is 5.32 Å². The fourth-order valence-electron chi connectivity index (χ4n) is 1.41. The minimum Gasteiger partial charge on any atom is -0.352 e. The van der Waals surface area contributed by atoms with Crippen molar-refractivity contribution in [2.45, 2.75) is 19.4 Å². The normalized spacial score (nSPS) is 10.1. The van der Waals surface area contributed by atoms with Crippen molar-refractivity contribution in [3.05, 3.63) is 35.4 Å². The molecule has 0 saturated heterocycles. The van der Waals surface area contributed by atoms with Crippen LogP contribution in [0.1, 0.15) is 28.8 Å². The molecule has 0 bridgehead atoms. The smallest absolute Gasteiger partial charge is 0.251 e. The maximum Gasteiger partial charge on any atom is 0.251 e. The van der Waals surface area contributed by atoms with E-state index in [-0.39, 0.29) is 5.91 Å². The van der Waals surface area contributed by atoms with Gasteiger partial charge in [0.05, 0.1) is 0 Å². The van der Waals surface area contributed by atoms with E-state index in [1.807, 2.05) is 18.2 Å². The third-order valence-corrected chi connectivity index (χ3v) is 2.34. The van der Waals surface area contributed by atoms with Crippen LogP contribution in [0.2, 0.25) is 0 Å². The first kappa shape index (κ1) is 12.7. The van der Waals surface area contributed by atoms with Crippen LogP contribution in [-0.4, -0.2) is 19.0 Å². The van der Waals surface area contributed by atoms with E-state index < -0.39 is 0 Å². The monoisotopic (exact) mass is 221 g/mol. The molecule has 0 radical (unpaired) electrons. The lowest BCUT2D eigenvalue weighted by Gasteiger charge is -2.05. The minimum atomic E-state index is -0.0488. The first-order valence-corrected chi connectivity index (χ1v) is 5.55. The van der Waals surface area contributed by atoms with Gasteiger partial charge in [-0.1, -0.05) is 12.1 Å². The summed E-state index contributed by atoms with van der Waals surface area (Å²) in [4.78, 5) is 11.7. The number of carbonyl (C=O) groups is 1. The lowest BCUT2D eigenvalue weighted by Crippen LogP contribution is -2.25. The van der Waals surface area contributed by atoms with E-state index in [9.17, 15) is 4.79 Å². The number of rotatable bonds is 6. The standard InChI is InChI=1S/C12H19N3O/c13-6-1-2-7-15-12(16)11-5-3-4-10(8-11)9-14/h3-5,8H,1-2,6-7,9,13-14H2,(H,15,16). The van der Waals surface area contributed by atoms with E-state index in [0.717, 1.165) is 18.4 Å². The molecule has 0 aliphatic rings. The van der Waals surface area contributed by atoms with Crippen molar-refractivity contribution in [1.29, 1.82) is 0 Å². The Kier molecular flexibility index (Phi) is 5.53. The van der Waals surface area contributed by atoms with Crippen LogP contribution in [0.5, 0.6) is 0 Å². The van der Waals surface area contributed by atoms with Crippen molar-refractivity contribution in [2.24, 2.45) is 11.5 Å². The van der Waals surface area contributed by atoms with Gasteiger partial charge in [0.1, 0.15) is 0 Å². The fourth-order valence-corrected chi connectivity index (χ4v) is 1.41. The number of hydrogen-bond acceptors (Lipinski definition) is 3. The quantitative estimate of drug-likeness (QED) is 0.616. The third-order valence-electron chi connectivity index (χ3n) is 2.34. The summed E-state index contributed by atoms with van der Waals surface area (Å²) in [6, 6.07) is 7.36. The molecule has 0 fully saturated rings. The fraction of sp³-hybridized carbons (Fsp3) is 0.417. The molecule has 0 saturated carbocycles. The van der Waals surface area contributed by atoms with Crippen LogP contribution < -0.4 is 16.8 Å². The highest BCUT2D eigenvalue weighted by atomic mass is 16.1. The molecule has 0 aromatic heterocycles. The van der Waals surface area contributed by atoms with E-state index >= 15 is 0 Å².